The molecule has 4 nitrogen and oxygen atoms in total. The van der Waals surface area contributed by atoms with Gasteiger partial charge in [-0.3, -0.25) is 0 Å². The summed E-state index contributed by atoms with van der Waals surface area (Å²) < 4.78 is 26.9. The van der Waals surface area contributed by atoms with Gasteiger partial charge in [-0.1, -0.05) is 20.3 Å². The van der Waals surface area contributed by atoms with Crippen molar-refractivity contribution in [3.63, 3.8) is 0 Å². The molecule has 0 aliphatic carbocycles. The van der Waals surface area contributed by atoms with Crippen LogP contribution in [-0.4, -0.2) is 25.8 Å². The van der Waals surface area contributed by atoms with Crippen LogP contribution < -0.4 is 0 Å². The molecule has 0 bridgehead atoms. The number of piperidine rings is 1. The quantitative estimate of drug-likeness (QED) is 0.862. The zero-order valence-corrected chi connectivity index (χ0v) is 13.7. The SMILES string of the molecule is CCC1(C)CCN(S(=O)(=O)c2ccc(C#N)c(C)c2)CC1. The molecule has 0 spiro atoms. The predicted molar refractivity (Wildman–Crippen MR) is 82.3 cm³/mol. The number of hydrogen-bond donors (Lipinski definition) is 0. The zero-order chi connectivity index (χ0) is 15.7. The maximum atomic E-state index is 12.7. The molecule has 0 atom stereocenters. The smallest absolute Gasteiger partial charge is 0.207 e. The van der Waals surface area contributed by atoms with Gasteiger partial charge in [0.25, 0.3) is 0 Å². The van der Waals surface area contributed by atoms with Crippen LogP contribution in [0.25, 0.3) is 0 Å². The Kier molecular flexibility index (Phi) is 4.40. The van der Waals surface area contributed by atoms with Gasteiger partial charge < -0.3 is 0 Å². The number of rotatable bonds is 3. The second kappa shape index (κ2) is 5.78. The van der Waals surface area contributed by atoms with E-state index < -0.39 is 10.0 Å². The molecule has 0 amide bonds. The van der Waals surface area contributed by atoms with Crippen molar-refractivity contribution in [2.24, 2.45) is 5.41 Å². The maximum Gasteiger partial charge on any atom is 0.243 e. The van der Waals surface area contributed by atoms with Gasteiger partial charge >= 0.3 is 0 Å². The van der Waals surface area contributed by atoms with Gasteiger partial charge in [-0.05, 0) is 48.9 Å². The Balaban J connectivity index is 2.24. The van der Waals surface area contributed by atoms with E-state index >= 15 is 0 Å². The third-order valence-corrected chi connectivity index (χ3v) is 6.63. The number of aryl methyl sites for hydroxylation is 1. The van der Waals surface area contributed by atoms with Gasteiger partial charge in [0.2, 0.25) is 10.0 Å². The second-order valence-corrected chi connectivity index (χ2v) is 8.09. The highest BCUT2D eigenvalue weighted by Gasteiger charge is 2.34. The lowest BCUT2D eigenvalue weighted by Crippen LogP contribution is -2.41. The molecule has 0 saturated carbocycles. The van der Waals surface area contributed by atoms with E-state index in [-0.39, 0.29) is 5.41 Å². The summed E-state index contributed by atoms with van der Waals surface area (Å²) in [5, 5.41) is 8.94. The van der Waals surface area contributed by atoms with Crippen LogP contribution in [0.15, 0.2) is 23.1 Å². The third kappa shape index (κ3) is 3.12. The Labute approximate surface area is 127 Å². The van der Waals surface area contributed by atoms with Gasteiger partial charge in [-0.2, -0.15) is 9.57 Å². The predicted octanol–water partition coefficient (Wildman–Crippen LogP) is 3.07. The van der Waals surface area contributed by atoms with Crippen LogP contribution in [0.3, 0.4) is 0 Å². The number of nitriles is 1. The molecule has 0 unspecified atom stereocenters. The van der Waals surface area contributed by atoms with Gasteiger partial charge in [0.15, 0.2) is 0 Å². The number of nitrogens with zero attached hydrogens (tertiary/aromatic N) is 2. The minimum Gasteiger partial charge on any atom is -0.207 e. The summed E-state index contributed by atoms with van der Waals surface area (Å²) >= 11 is 0. The molecule has 1 aliphatic rings. The summed E-state index contributed by atoms with van der Waals surface area (Å²) in [7, 11) is -3.44. The van der Waals surface area contributed by atoms with E-state index in [9.17, 15) is 8.42 Å². The summed E-state index contributed by atoms with van der Waals surface area (Å²) in [6, 6.07) is 6.78. The molecule has 0 radical (unpaired) electrons. The van der Waals surface area contributed by atoms with Crippen molar-refractivity contribution in [2.45, 2.75) is 44.9 Å². The van der Waals surface area contributed by atoms with Crippen molar-refractivity contribution >= 4 is 10.0 Å². The molecule has 2 rings (SSSR count). The molecule has 1 fully saturated rings. The molecule has 1 saturated heterocycles. The molecular formula is C16H22N2O2S. The summed E-state index contributed by atoms with van der Waals surface area (Å²) in [5.74, 6) is 0. The normalized spacial score (nSPS) is 19.1. The first-order chi connectivity index (χ1) is 9.82. The van der Waals surface area contributed by atoms with Crippen LogP contribution in [0, 0.1) is 23.7 Å². The summed E-state index contributed by atoms with van der Waals surface area (Å²) in [6.45, 7) is 7.30. The van der Waals surface area contributed by atoms with Crippen molar-refractivity contribution < 1.29 is 8.42 Å². The molecule has 5 heteroatoms. The summed E-state index contributed by atoms with van der Waals surface area (Å²) in [5.41, 5.74) is 1.48. The fourth-order valence-corrected chi connectivity index (χ4v) is 4.22. The summed E-state index contributed by atoms with van der Waals surface area (Å²) in [6.07, 6.45) is 2.88. The Hall–Kier alpha value is -1.38. The van der Waals surface area contributed by atoms with E-state index in [1.165, 1.54) is 6.07 Å². The van der Waals surface area contributed by atoms with E-state index in [1.807, 2.05) is 0 Å². The number of benzene rings is 1. The molecule has 1 aromatic rings. The van der Waals surface area contributed by atoms with E-state index in [1.54, 1.807) is 23.4 Å². The molecular weight excluding hydrogens is 284 g/mol. The average Bonchev–Trinajstić information content (AvgIpc) is 2.47. The number of hydrogen-bond acceptors (Lipinski definition) is 3. The van der Waals surface area contributed by atoms with Crippen LogP contribution in [0.4, 0.5) is 0 Å². The van der Waals surface area contributed by atoms with Crippen molar-refractivity contribution in [3.05, 3.63) is 29.3 Å². The third-order valence-electron chi connectivity index (χ3n) is 4.74. The Bertz CT molecular complexity index is 666. The number of sulfonamides is 1. The molecule has 1 aliphatic heterocycles. The zero-order valence-electron chi connectivity index (χ0n) is 12.9. The van der Waals surface area contributed by atoms with Crippen molar-refractivity contribution in [2.75, 3.05) is 13.1 Å². The van der Waals surface area contributed by atoms with Crippen molar-refractivity contribution in [1.29, 1.82) is 5.26 Å². The lowest BCUT2D eigenvalue weighted by atomic mass is 9.79. The van der Waals surface area contributed by atoms with E-state index in [0.29, 0.717) is 29.1 Å². The van der Waals surface area contributed by atoms with Gasteiger partial charge in [0, 0.05) is 13.1 Å². The van der Waals surface area contributed by atoms with E-state index in [2.05, 4.69) is 19.9 Å². The lowest BCUT2D eigenvalue weighted by molar-refractivity contribution is 0.169. The first-order valence-electron chi connectivity index (χ1n) is 7.33. The minimum atomic E-state index is -3.44. The van der Waals surface area contributed by atoms with Gasteiger partial charge in [-0.25, -0.2) is 8.42 Å². The first kappa shape index (κ1) is 16.0. The van der Waals surface area contributed by atoms with Gasteiger partial charge in [-0.15, -0.1) is 0 Å². The Morgan fingerprint density at radius 1 is 1.33 bits per heavy atom. The molecule has 0 aromatic heterocycles. The van der Waals surface area contributed by atoms with Crippen LogP contribution in [0.1, 0.15) is 44.2 Å². The van der Waals surface area contributed by atoms with Crippen LogP contribution in [0.2, 0.25) is 0 Å². The fourth-order valence-electron chi connectivity index (χ4n) is 2.69. The minimum absolute atomic E-state index is 0.257. The van der Waals surface area contributed by atoms with Crippen LogP contribution in [-0.2, 0) is 10.0 Å². The first-order valence-corrected chi connectivity index (χ1v) is 8.77. The Morgan fingerprint density at radius 2 is 1.95 bits per heavy atom. The van der Waals surface area contributed by atoms with Gasteiger partial charge in [0.1, 0.15) is 0 Å². The monoisotopic (exact) mass is 306 g/mol. The molecule has 114 valence electrons. The van der Waals surface area contributed by atoms with E-state index in [4.69, 9.17) is 5.26 Å². The summed E-state index contributed by atoms with van der Waals surface area (Å²) in [4.78, 5) is 0.291. The lowest BCUT2D eigenvalue weighted by Gasteiger charge is -2.38. The highest BCUT2D eigenvalue weighted by atomic mass is 32.2. The highest BCUT2D eigenvalue weighted by molar-refractivity contribution is 7.89. The highest BCUT2D eigenvalue weighted by Crippen LogP contribution is 2.35. The van der Waals surface area contributed by atoms with Crippen LogP contribution in [0.5, 0.6) is 0 Å². The van der Waals surface area contributed by atoms with Crippen molar-refractivity contribution in [3.8, 4) is 6.07 Å². The Morgan fingerprint density at radius 3 is 2.43 bits per heavy atom. The molecule has 1 aromatic carbocycles. The van der Waals surface area contributed by atoms with Crippen molar-refractivity contribution in [1.82, 2.24) is 4.31 Å². The van der Waals surface area contributed by atoms with Gasteiger partial charge in [0.05, 0.1) is 16.5 Å². The standard InChI is InChI=1S/C16H22N2O2S/c1-4-16(3)7-9-18(10-8-16)21(19,20)15-6-5-14(12-17)13(2)11-15/h5-6,11H,4,7-10H2,1-3H3. The maximum absolute atomic E-state index is 12.7. The van der Waals surface area contributed by atoms with Crippen LogP contribution >= 0.6 is 0 Å². The average molecular weight is 306 g/mol. The van der Waals surface area contributed by atoms with E-state index in [0.717, 1.165) is 19.3 Å². The second-order valence-electron chi connectivity index (χ2n) is 6.16. The molecule has 21 heavy (non-hydrogen) atoms. The molecule has 1 heterocycles. The fraction of sp³-hybridized carbons (Fsp3) is 0.562. The topological polar surface area (TPSA) is 61.2 Å². The molecule has 0 N–H and O–H groups in total. The largest absolute Gasteiger partial charge is 0.243 e.